The Kier molecular flexibility index (Phi) is 4.04. The van der Waals surface area contributed by atoms with Gasteiger partial charge in [-0.2, -0.15) is 0 Å². The molecule has 0 bridgehead atoms. The van der Waals surface area contributed by atoms with Gasteiger partial charge >= 0.3 is 0 Å². The summed E-state index contributed by atoms with van der Waals surface area (Å²) in [7, 11) is 0. The highest BCUT2D eigenvalue weighted by molar-refractivity contribution is 5.84. The molecule has 0 aromatic rings. The van der Waals surface area contributed by atoms with Gasteiger partial charge in [-0.1, -0.05) is 32.1 Å². The van der Waals surface area contributed by atoms with Crippen molar-refractivity contribution in [2.24, 2.45) is 17.1 Å². The topological polar surface area (TPSA) is 67.1 Å². The van der Waals surface area contributed by atoms with E-state index in [1.807, 2.05) is 0 Å². The molecule has 2 saturated carbocycles. The van der Waals surface area contributed by atoms with Crippen molar-refractivity contribution >= 4 is 5.91 Å². The van der Waals surface area contributed by atoms with E-state index < -0.39 is 0 Å². The number of nitrogens with one attached hydrogen (secondary N) is 2. The van der Waals surface area contributed by atoms with Crippen LogP contribution in [0.1, 0.15) is 57.8 Å². The summed E-state index contributed by atoms with van der Waals surface area (Å²) in [5.41, 5.74) is 6.15. The largest absolute Gasteiger partial charge is 0.354 e. The van der Waals surface area contributed by atoms with Gasteiger partial charge in [-0.15, -0.1) is 0 Å². The zero-order valence-electron chi connectivity index (χ0n) is 12.5. The Labute approximate surface area is 122 Å². The van der Waals surface area contributed by atoms with Crippen molar-refractivity contribution in [2.45, 2.75) is 63.3 Å². The highest BCUT2D eigenvalue weighted by Crippen LogP contribution is 2.44. The first-order valence-corrected chi connectivity index (χ1v) is 8.43. The fraction of sp³-hybridized carbons (Fsp3) is 0.938. The molecule has 1 amide bonds. The van der Waals surface area contributed by atoms with Crippen molar-refractivity contribution in [1.82, 2.24) is 10.6 Å². The summed E-state index contributed by atoms with van der Waals surface area (Å²) in [5.74, 6) is 0.805. The molecule has 0 radical (unpaired) electrons. The third-order valence-electron chi connectivity index (χ3n) is 5.94. The highest BCUT2D eigenvalue weighted by atomic mass is 16.2. The van der Waals surface area contributed by atoms with Crippen LogP contribution in [0.3, 0.4) is 0 Å². The summed E-state index contributed by atoms with van der Waals surface area (Å²) in [6, 6.07) is 0. The smallest absolute Gasteiger partial charge is 0.227 e. The number of rotatable bonds is 3. The zero-order valence-corrected chi connectivity index (χ0v) is 12.5. The van der Waals surface area contributed by atoms with Crippen LogP contribution in [0.25, 0.3) is 0 Å². The van der Waals surface area contributed by atoms with Crippen LogP contribution in [0, 0.1) is 11.3 Å². The molecule has 0 spiro atoms. The highest BCUT2D eigenvalue weighted by Gasteiger charge is 2.50. The molecule has 0 aromatic heterocycles. The first-order valence-electron chi connectivity index (χ1n) is 8.43. The third-order valence-corrected chi connectivity index (χ3v) is 5.94. The van der Waals surface area contributed by atoms with Gasteiger partial charge in [0.2, 0.25) is 5.91 Å². The second kappa shape index (κ2) is 5.64. The molecule has 3 fully saturated rings. The lowest BCUT2D eigenvalue weighted by atomic mass is 9.67. The monoisotopic (exact) mass is 279 g/mol. The summed E-state index contributed by atoms with van der Waals surface area (Å²) >= 11 is 0. The van der Waals surface area contributed by atoms with Gasteiger partial charge in [-0.3, -0.25) is 4.79 Å². The standard InChI is InChI=1S/C16H29N3O/c17-15(7-3-1-4-8-15)11-19-14(20)16-9-5-2-6-13(16)10-18-12-16/h13,18H,1-12,17H2,(H,19,20)/t13-,16+/m0/s1. The first kappa shape index (κ1) is 14.3. The van der Waals surface area contributed by atoms with E-state index in [4.69, 9.17) is 5.73 Å². The van der Waals surface area contributed by atoms with E-state index >= 15 is 0 Å². The zero-order chi connectivity index (χ0) is 14.1. The van der Waals surface area contributed by atoms with E-state index in [1.165, 1.54) is 38.5 Å². The minimum absolute atomic E-state index is 0.136. The molecule has 20 heavy (non-hydrogen) atoms. The molecule has 1 heterocycles. The van der Waals surface area contributed by atoms with E-state index in [0.717, 1.165) is 32.4 Å². The second-order valence-electron chi connectivity index (χ2n) is 7.34. The van der Waals surface area contributed by atoms with Gasteiger partial charge in [0.05, 0.1) is 5.41 Å². The molecule has 0 unspecified atom stereocenters. The lowest BCUT2D eigenvalue weighted by molar-refractivity contribution is -0.134. The molecule has 4 nitrogen and oxygen atoms in total. The molecule has 114 valence electrons. The number of carbonyl (C=O) groups is 1. The van der Waals surface area contributed by atoms with E-state index in [9.17, 15) is 4.79 Å². The molecule has 2 atom stereocenters. The molecule has 1 saturated heterocycles. The fourth-order valence-electron chi connectivity index (χ4n) is 4.56. The van der Waals surface area contributed by atoms with Gasteiger partial charge in [0.15, 0.2) is 0 Å². The molecule has 4 heteroatoms. The van der Waals surface area contributed by atoms with E-state index in [0.29, 0.717) is 12.5 Å². The first-order chi connectivity index (χ1) is 9.65. The van der Waals surface area contributed by atoms with Gasteiger partial charge in [-0.05, 0) is 38.1 Å². The maximum Gasteiger partial charge on any atom is 0.227 e. The Balaban J connectivity index is 1.60. The predicted molar refractivity (Wildman–Crippen MR) is 80.3 cm³/mol. The van der Waals surface area contributed by atoms with Crippen LogP contribution in [-0.2, 0) is 4.79 Å². The number of fused-ring (bicyclic) bond motifs is 1. The second-order valence-corrected chi connectivity index (χ2v) is 7.34. The summed E-state index contributed by atoms with van der Waals surface area (Å²) in [6.45, 7) is 2.54. The molecule has 1 aliphatic heterocycles. The maximum absolute atomic E-state index is 12.8. The molecule has 0 aromatic carbocycles. The molecular weight excluding hydrogens is 250 g/mol. The van der Waals surface area contributed by atoms with Crippen LogP contribution in [0.15, 0.2) is 0 Å². The number of amides is 1. The quantitative estimate of drug-likeness (QED) is 0.734. The minimum atomic E-state index is -0.152. The van der Waals surface area contributed by atoms with Crippen molar-refractivity contribution in [3.05, 3.63) is 0 Å². The molecule has 4 N–H and O–H groups in total. The van der Waals surface area contributed by atoms with Crippen LogP contribution < -0.4 is 16.4 Å². The van der Waals surface area contributed by atoms with Gasteiger partial charge < -0.3 is 16.4 Å². The van der Waals surface area contributed by atoms with Gasteiger partial charge in [0.1, 0.15) is 0 Å². The summed E-state index contributed by atoms with van der Waals surface area (Å²) < 4.78 is 0. The van der Waals surface area contributed by atoms with Crippen molar-refractivity contribution in [1.29, 1.82) is 0 Å². The summed E-state index contributed by atoms with van der Waals surface area (Å²) in [6.07, 6.45) is 10.6. The van der Waals surface area contributed by atoms with Crippen molar-refractivity contribution in [3.8, 4) is 0 Å². The summed E-state index contributed by atoms with van der Waals surface area (Å²) in [5, 5.41) is 6.66. The Morgan fingerprint density at radius 1 is 1.15 bits per heavy atom. The van der Waals surface area contributed by atoms with Crippen molar-refractivity contribution in [3.63, 3.8) is 0 Å². The van der Waals surface area contributed by atoms with Crippen LogP contribution in [0.4, 0.5) is 0 Å². The lowest BCUT2D eigenvalue weighted by Gasteiger charge is -2.39. The Bertz CT molecular complexity index is 365. The number of carbonyl (C=O) groups excluding carboxylic acids is 1. The molecular formula is C16H29N3O. The Morgan fingerprint density at radius 3 is 2.70 bits per heavy atom. The van der Waals surface area contributed by atoms with Crippen LogP contribution in [0.2, 0.25) is 0 Å². The maximum atomic E-state index is 12.8. The SMILES string of the molecule is NC1(CNC(=O)[C@@]23CCCC[C@H]2CNC3)CCCCC1. The van der Waals surface area contributed by atoms with Crippen LogP contribution in [0.5, 0.6) is 0 Å². The average molecular weight is 279 g/mol. The number of hydrogen-bond acceptors (Lipinski definition) is 3. The van der Waals surface area contributed by atoms with Crippen LogP contribution in [-0.4, -0.2) is 31.1 Å². The van der Waals surface area contributed by atoms with Crippen molar-refractivity contribution < 1.29 is 4.79 Å². The Morgan fingerprint density at radius 2 is 1.90 bits per heavy atom. The van der Waals surface area contributed by atoms with Crippen LogP contribution >= 0.6 is 0 Å². The predicted octanol–water partition coefficient (Wildman–Crippen LogP) is 1.54. The molecule has 2 aliphatic carbocycles. The third kappa shape index (κ3) is 2.60. The van der Waals surface area contributed by atoms with Crippen molar-refractivity contribution in [2.75, 3.05) is 19.6 Å². The minimum Gasteiger partial charge on any atom is -0.354 e. The van der Waals surface area contributed by atoms with Gasteiger partial charge in [-0.25, -0.2) is 0 Å². The summed E-state index contributed by atoms with van der Waals surface area (Å²) in [4.78, 5) is 12.8. The van der Waals surface area contributed by atoms with E-state index in [1.54, 1.807) is 0 Å². The Hall–Kier alpha value is -0.610. The number of hydrogen-bond donors (Lipinski definition) is 3. The van der Waals surface area contributed by atoms with E-state index in [-0.39, 0.29) is 16.9 Å². The van der Waals surface area contributed by atoms with E-state index in [2.05, 4.69) is 10.6 Å². The van der Waals surface area contributed by atoms with Gasteiger partial charge in [0, 0.05) is 18.6 Å². The normalized spacial score (nSPS) is 36.4. The average Bonchev–Trinajstić information content (AvgIpc) is 2.91. The fourth-order valence-corrected chi connectivity index (χ4v) is 4.56. The van der Waals surface area contributed by atoms with Gasteiger partial charge in [0.25, 0.3) is 0 Å². The number of nitrogens with two attached hydrogens (primary N) is 1. The lowest BCUT2D eigenvalue weighted by Crippen LogP contribution is -2.55. The molecule has 3 rings (SSSR count). The molecule has 3 aliphatic rings.